The first-order valence-electron chi connectivity index (χ1n) is 6.62. The molecule has 2 aromatic rings. The molecule has 0 saturated heterocycles. The molecule has 2 atom stereocenters. The molecular formula is C16H15F3O2S. The Morgan fingerprint density at radius 2 is 1.86 bits per heavy atom. The van der Waals surface area contributed by atoms with Gasteiger partial charge in [0.2, 0.25) is 0 Å². The predicted octanol–water partition coefficient (Wildman–Crippen LogP) is 4.44. The van der Waals surface area contributed by atoms with Crippen molar-refractivity contribution in [3.63, 3.8) is 0 Å². The third kappa shape index (κ3) is 4.34. The lowest BCUT2D eigenvalue weighted by Crippen LogP contribution is -2.08. The molecule has 0 aliphatic carbocycles. The summed E-state index contributed by atoms with van der Waals surface area (Å²) in [6, 6.07) is 12.2. The number of alkyl halides is 2. The molecule has 0 aliphatic heterocycles. The van der Waals surface area contributed by atoms with Crippen molar-refractivity contribution in [3.05, 3.63) is 65.5 Å². The SMILES string of the molecule is C[C@@H](c1ccccc1F)[S@](=O)Cc1cccc(OC(F)F)c1. The van der Waals surface area contributed by atoms with Crippen LogP contribution >= 0.6 is 0 Å². The van der Waals surface area contributed by atoms with Crippen molar-refractivity contribution >= 4 is 10.8 Å². The first kappa shape index (κ1) is 16.5. The normalized spacial score (nSPS) is 13.9. The van der Waals surface area contributed by atoms with Gasteiger partial charge in [0, 0.05) is 22.1 Å². The van der Waals surface area contributed by atoms with Gasteiger partial charge in [0.05, 0.1) is 5.25 Å². The van der Waals surface area contributed by atoms with E-state index in [4.69, 9.17) is 0 Å². The maximum Gasteiger partial charge on any atom is 0.387 e. The average molecular weight is 328 g/mol. The van der Waals surface area contributed by atoms with E-state index in [2.05, 4.69) is 4.74 Å². The molecule has 2 rings (SSSR count). The molecule has 0 aromatic heterocycles. The summed E-state index contributed by atoms with van der Waals surface area (Å²) < 4.78 is 54.7. The molecule has 2 aromatic carbocycles. The lowest BCUT2D eigenvalue weighted by atomic mass is 10.1. The largest absolute Gasteiger partial charge is 0.435 e. The summed E-state index contributed by atoms with van der Waals surface area (Å²) in [6.07, 6.45) is 0. The number of hydrogen-bond acceptors (Lipinski definition) is 2. The minimum Gasteiger partial charge on any atom is -0.435 e. The zero-order chi connectivity index (χ0) is 16.1. The van der Waals surface area contributed by atoms with Crippen LogP contribution in [0.3, 0.4) is 0 Å². The molecule has 6 heteroatoms. The fraction of sp³-hybridized carbons (Fsp3) is 0.250. The molecule has 0 fully saturated rings. The summed E-state index contributed by atoms with van der Waals surface area (Å²) in [7, 11) is -1.38. The monoisotopic (exact) mass is 328 g/mol. The van der Waals surface area contributed by atoms with E-state index in [0.29, 0.717) is 11.1 Å². The van der Waals surface area contributed by atoms with Crippen LogP contribution in [0.1, 0.15) is 23.3 Å². The lowest BCUT2D eigenvalue weighted by molar-refractivity contribution is -0.0498. The number of ether oxygens (including phenoxy) is 1. The fourth-order valence-corrected chi connectivity index (χ4v) is 3.28. The number of halogens is 3. The molecule has 0 N–H and O–H groups in total. The molecular weight excluding hydrogens is 313 g/mol. The Bertz CT molecular complexity index is 661. The second-order valence-electron chi connectivity index (χ2n) is 4.71. The number of hydrogen-bond donors (Lipinski definition) is 0. The zero-order valence-corrected chi connectivity index (χ0v) is 12.7. The maximum absolute atomic E-state index is 13.7. The van der Waals surface area contributed by atoms with Crippen LogP contribution in [-0.4, -0.2) is 10.8 Å². The number of benzene rings is 2. The summed E-state index contributed by atoms with van der Waals surface area (Å²) in [6.45, 7) is -1.23. The molecule has 0 heterocycles. The molecule has 0 amide bonds. The molecule has 0 unspecified atom stereocenters. The zero-order valence-electron chi connectivity index (χ0n) is 11.8. The molecule has 0 aliphatic rings. The van der Waals surface area contributed by atoms with Crippen LogP contribution in [0.15, 0.2) is 48.5 Å². The minimum absolute atomic E-state index is 0.0167. The van der Waals surface area contributed by atoms with Crippen LogP contribution in [0.5, 0.6) is 5.75 Å². The first-order valence-corrected chi connectivity index (χ1v) is 8.01. The number of rotatable bonds is 6. The Labute approximate surface area is 129 Å². The van der Waals surface area contributed by atoms with Crippen molar-refractivity contribution in [2.24, 2.45) is 0 Å². The molecule has 2 nitrogen and oxygen atoms in total. The van der Waals surface area contributed by atoms with Gasteiger partial charge < -0.3 is 4.74 Å². The van der Waals surface area contributed by atoms with E-state index in [-0.39, 0.29) is 11.5 Å². The van der Waals surface area contributed by atoms with Gasteiger partial charge in [-0.25, -0.2) is 4.39 Å². The fourth-order valence-electron chi connectivity index (χ4n) is 2.05. The van der Waals surface area contributed by atoms with E-state index >= 15 is 0 Å². The third-order valence-corrected chi connectivity index (χ3v) is 4.83. The van der Waals surface area contributed by atoms with Gasteiger partial charge in [-0.3, -0.25) is 4.21 Å². The highest BCUT2D eigenvalue weighted by molar-refractivity contribution is 7.84. The molecule has 0 spiro atoms. The van der Waals surface area contributed by atoms with Crippen LogP contribution < -0.4 is 4.74 Å². The van der Waals surface area contributed by atoms with Crippen LogP contribution in [0.2, 0.25) is 0 Å². The van der Waals surface area contributed by atoms with Crippen LogP contribution in [0.25, 0.3) is 0 Å². The van der Waals surface area contributed by atoms with Crippen LogP contribution in [0.4, 0.5) is 13.2 Å². The molecule has 22 heavy (non-hydrogen) atoms. The van der Waals surface area contributed by atoms with Gasteiger partial charge in [-0.2, -0.15) is 8.78 Å². The van der Waals surface area contributed by atoms with E-state index in [1.54, 1.807) is 37.3 Å². The highest BCUT2D eigenvalue weighted by Crippen LogP contribution is 2.25. The van der Waals surface area contributed by atoms with Crippen LogP contribution in [0, 0.1) is 5.82 Å². The van der Waals surface area contributed by atoms with Gasteiger partial charge >= 0.3 is 6.61 Å². The summed E-state index contributed by atoms with van der Waals surface area (Å²) >= 11 is 0. The topological polar surface area (TPSA) is 26.3 Å². The Kier molecular flexibility index (Phi) is 5.60. The highest BCUT2D eigenvalue weighted by atomic mass is 32.2. The van der Waals surface area contributed by atoms with Crippen molar-refractivity contribution < 1.29 is 22.1 Å². The minimum atomic E-state index is -2.90. The van der Waals surface area contributed by atoms with Gasteiger partial charge in [0.15, 0.2) is 0 Å². The lowest BCUT2D eigenvalue weighted by Gasteiger charge is -2.13. The van der Waals surface area contributed by atoms with Gasteiger partial charge in [-0.15, -0.1) is 0 Å². The van der Waals surface area contributed by atoms with E-state index < -0.39 is 28.5 Å². The van der Waals surface area contributed by atoms with E-state index in [9.17, 15) is 17.4 Å². The van der Waals surface area contributed by atoms with Gasteiger partial charge in [-0.1, -0.05) is 30.3 Å². The molecule has 0 radical (unpaired) electrons. The van der Waals surface area contributed by atoms with Crippen molar-refractivity contribution in [2.45, 2.75) is 24.5 Å². The van der Waals surface area contributed by atoms with Crippen LogP contribution in [-0.2, 0) is 16.6 Å². The average Bonchev–Trinajstić information content (AvgIpc) is 2.46. The third-order valence-electron chi connectivity index (χ3n) is 3.17. The van der Waals surface area contributed by atoms with E-state index in [0.717, 1.165) is 0 Å². The Morgan fingerprint density at radius 3 is 2.55 bits per heavy atom. The molecule has 0 bridgehead atoms. The summed E-state index contributed by atoms with van der Waals surface area (Å²) in [4.78, 5) is 0. The molecule has 0 saturated carbocycles. The standard InChI is InChI=1S/C16H15F3O2S/c1-11(14-7-2-3-8-15(14)17)22(20)10-12-5-4-6-13(9-12)21-16(18)19/h2-9,11,16H,10H2,1H3/t11-,22+/m0/s1. The van der Waals surface area contributed by atoms with Crippen molar-refractivity contribution in [1.82, 2.24) is 0 Å². The van der Waals surface area contributed by atoms with E-state index in [1.165, 1.54) is 18.2 Å². The Hall–Kier alpha value is -1.82. The first-order chi connectivity index (χ1) is 10.5. The van der Waals surface area contributed by atoms with Crippen molar-refractivity contribution in [3.8, 4) is 5.75 Å². The Balaban J connectivity index is 2.10. The predicted molar refractivity (Wildman–Crippen MR) is 79.7 cm³/mol. The second-order valence-corrected chi connectivity index (χ2v) is 6.47. The summed E-state index contributed by atoms with van der Waals surface area (Å²) in [5.74, 6) is -0.253. The summed E-state index contributed by atoms with van der Waals surface area (Å²) in [5, 5.41) is -0.499. The van der Waals surface area contributed by atoms with Crippen molar-refractivity contribution in [1.29, 1.82) is 0 Å². The smallest absolute Gasteiger partial charge is 0.387 e. The Morgan fingerprint density at radius 1 is 1.14 bits per heavy atom. The van der Waals surface area contributed by atoms with E-state index in [1.807, 2.05) is 0 Å². The van der Waals surface area contributed by atoms with Gasteiger partial charge in [0.1, 0.15) is 11.6 Å². The van der Waals surface area contributed by atoms with Crippen molar-refractivity contribution in [2.75, 3.05) is 0 Å². The quantitative estimate of drug-likeness (QED) is 0.784. The molecule has 118 valence electrons. The van der Waals surface area contributed by atoms with Gasteiger partial charge in [0.25, 0.3) is 0 Å². The second kappa shape index (κ2) is 7.45. The maximum atomic E-state index is 13.7. The summed E-state index contributed by atoms with van der Waals surface area (Å²) in [5.41, 5.74) is 0.973. The highest BCUT2D eigenvalue weighted by Gasteiger charge is 2.17. The van der Waals surface area contributed by atoms with Gasteiger partial charge in [-0.05, 0) is 30.7 Å².